The van der Waals surface area contributed by atoms with E-state index in [0.717, 1.165) is 0 Å². The van der Waals surface area contributed by atoms with Gasteiger partial charge in [-0.2, -0.15) is 5.26 Å². The molecule has 2 N–H and O–H groups in total. The first-order valence-corrected chi connectivity index (χ1v) is 9.21. The first kappa shape index (κ1) is 19.3. The molecule has 6 nitrogen and oxygen atoms in total. The Kier molecular flexibility index (Phi) is 4.71. The molecule has 3 atom stereocenters. The fraction of sp³-hybridized carbons (Fsp3) is 0.300. The normalized spacial score (nSPS) is 24.7. The van der Waals surface area contributed by atoms with Gasteiger partial charge in [0.1, 0.15) is 35.9 Å². The number of nitriles is 1. The molecule has 0 amide bonds. The maximum Gasteiger partial charge on any atom is 0.283 e. The summed E-state index contributed by atoms with van der Waals surface area (Å²) in [6.45, 7) is -0.935. The van der Waals surface area contributed by atoms with Gasteiger partial charge >= 0.3 is 0 Å². The van der Waals surface area contributed by atoms with E-state index in [-0.39, 0.29) is 46.3 Å². The molecule has 1 saturated carbocycles. The number of fused-ring (bicyclic) bond motifs is 1. The van der Waals surface area contributed by atoms with Crippen molar-refractivity contribution in [1.82, 2.24) is 4.98 Å². The molecule has 1 aromatic heterocycles. The Hall–Kier alpha value is -3.05. The summed E-state index contributed by atoms with van der Waals surface area (Å²) in [6, 6.07) is 7.12. The molecule has 0 saturated heterocycles. The highest BCUT2D eigenvalue weighted by Gasteiger charge is 2.60. The van der Waals surface area contributed by atoms with Gasteiger partial charge in [-0.3, -0.25) is 9.78 Å². The Morgan fingerprint density at radius 3 is 2.93 bits per heavy atom. The van der Waals surface area contributed by atoms with Crippen LogP contribution in [0.3, 0.4) is 0 Å². The average Bonchev–Trinajstić information content (AvgIpc) is 3.48. The molecule has 2 aliphatic rings. The second-order valence-corrected chi connectivity index (χ2v) is 7.49. The lowest BCUT2D eigenvalue weighted by Gasteiger charge is -2.31. The predicted octanol–water partition coefficient (Wildman–Crippen LogP) is 3.07. The molecule has 9 heteroatoms. The largest absolute Gasteiger partial charge is 0.462 e. The first-order chi connectivity index (χ1) is 13.9. The Balaban J connectivity index is 1.67. The third-order valence-electron chi connectivity index (χ3n) is 5.23. The molecule has 2 heterocycles. The fourth-order valence-corrected chi connectivity index (χ4v) is 3.99. The number of pyridine rings is 1. The highest BCUT2D eigenvalue weighted by atomic mass is 35.5. The number of carbonyl (C=O) groups is 1. The summed E-state index contributed by atoms with van der Waals surface area (Å²) in [5, 5.41) is 8.92. The number of hydrogen-bond donors (Lipinski definition) is 1. The van der Waals surface area contributed by atoms with Crippen LogP contribution in [-0.4, -0.2) is 29.6 Å². The number of benzene rings is 1. The molecule has 0 bridgehead atoms. The molecule has 148 valence electrons. The average molecular weight is 417 g/mol. The summed E-state index contributed by atoms with van der Waals surface area (Å²) in [5.41, 5.74) is 4.95. The summed E-state index contributed by atoms with van der Waals surface area (Å²) >= 11 is 6.04. The molecule has 1 fully saturated rings. The zero-order valence-corrected chi connectivity index (χ0v) is 15.8. The van der Waals surface area contributed by atoms with Gasteiger partial charge in [-0.25, -0.2) is 13.8 Å². The van der Waals surface area contributed by atoms with E-state index in [2.05, 4.69) is 9.98 Å². The van der Waals surface area contributed by atoms with Crippen molar-refractivity contribution in [1.29, 1.82) is 5.26 Å². The number of nitrogens with zero attached hydrogens (tertiary/aromatic N) is 3. The van der Waals surface area contributed by atoms with Gasteiger partial charge in [0.25, 0.3) is 6.02 Å². The molecule has 29 heavy (non-hydrogen) atoms. The van der Waals surface area contributed by atoms with Gasteiger partial charge in [0.05, 0.1) is 10.6 Å². The molecule has 2 aromatic rings. The lowest BCUT2D eigenvalue weighted by molar-refractivity contribution is 0.0988. The number of aromatic nitrogens is 1. The highest BCUT2D eigenvalue weighted by molar-refractivity contribution is 6.33. The zero-order chi connectivity index (χ0) is 20.8. The van der Waals surface area contributed by atoms with Gasteiger partial charge in [0.15, 0.2) is 5.78 Å². The van der Waals surface area contributed by atoms with Crippen molar-refractivity contribution in [2.24, 2.45) is 16.6 Å². The van der Waals surface area contributed by atoms with Gasteiger partial charge in [-0.15, -0.1) is 0 Å². The van der Waals surface area contributed by atoms with E-state index in [0.29, 0.717) is 12.0 Å². The molecule has 0 radical (unpaired) electrons. The van der Waals surface area contributed by atoms with Crippen LogP contribution >= 0.6 is 11.6 Å². The van der Waals surface area contributed by atoms with Crippen LogP contribution in [0.1, 0.15) is 33.6 Å². The topological polar surface area (TPSA) is 101 Å². The molecular weight excluding hydrogens is 402 g/mol. The molecule has 0 spiro atoms. The van der Waals surface area contributed by atoms with Crippen molar-refractivity contribution >= 4 is 23.4 Å². The number of aliphatic imine (C=N–C) groups is 1. The SMILES string of the molecule is N#Cc1cnc(C(=O)Cc2ccc(F)c([C@]3(CF)N=C(N)O[C@H]4C[C@H]43)c2)c(Cl)c1. The standard InChI is InChI=1S/C20H15ClF2N4O2/c21-14-4-11(7-24)8-26-18(14)16(28)5-10-1-2-15(23)12(3-10)20(9-22)13-6-17(13)29-19(25)27-20/h1-4,8,13,17H,5-6,9H2,(H2,25,27)/t13-,17+,20+/m1/s1. The molecule has 1 aliphatic carbocycles. The van der Waals surface area contributed by atoms with Gasteiger partial charge in [0.2, 0.25) is 0 Å². The monoisotopic (exact) mass is 416 g/mol. The quantitative estimate of drug-likeness (QED) is 0.755. The fourth-order valence-electron chi connectivity index (χ4n) is 3.71. The molecule has 0 unspecified atom stereocenters. The first-order valence-electron chi connectivity index (χ1n) is 8.83. The Bertz CT molecular complexity index is 1080. The Morgan fingerprint density at radius 2 is 2.24 bits per heavy atom. The maximum atomic E-state index is 14.6. The minimum absolute atomic E-state index is 0.00679. The van der Waals surface area contributed by atoms with E-state index in [1.54, 1.807) is 0 Å². The second-order valence-electron chi connectivity index (χ2n) is 7.09. The van der Waals surface area contributed by atoms with Crippen LogP contribution in [0.2, 0.25) is 5.02 Å². The van der Waals surface area contributed by atoms with E-state index in [4.69, 9.17) is 27.3 Å². The van der Waals surface area contributed by atoms with Crippen LogP contribution in [0.25, 0.3) is 0 Å². The lowest BCUT2D eigenvalue weighted by Crippen LogP contribution is -2.39. The number of ketones is 1. The van der Waals surface area contributed by atoms with Crippen molar-refractivity contribution in [3.8, 4) is 6.07 Å². The smallest absolute Gasteiger partial charge is 0.283 e. The van der Waals surface area contributed by atoms with Crippen molar-refractivity contribution in [2.75, 3.05) is 6.67 Å². The van der Waals surface area contributed by atoms with Crippen LogP contribution < -0.4 is 5.73 Å². The summed E-state index contributed by atoms with van der Waals surface area (Å²) in [5.74, 6) is -1.35. The summed E-state index contributed by atoms with van der Waals surface area (Å²) in [4.78, 5) is 20.7. The van der Waals surface area contributed by atoms with Gasteiger partial charge in [0, 0.05) is 24.1 Å². The van der Waals surface area contributed by atoms with E-state index < -0.39 is 23.8 Å². The van der Waals surface area contributed by atoms with Crippen LogP contribution in [-0.2, 0) is 16.7 Å². The molecule has 4 rings (SSSR count). The van der Waals surface area contributed by atoms with Crippen LogP contribution in [0, 0.1) is 23.1 Å². The predicted molar refractivity (Wildman–Crippen MR) is 101 cm³/mol. The second kappa shape index (κ2) is 7.08. The number of carbonyl (C=O) groups excluding carboxylic acids is 1. The van der Waals surface area contributed by atoms with Crippen LogP contribution in [0.15, 0.2) is 35.5 Å². The highest BCUT2D eigenvalue weighted by Crippen LogP contribution is 2.53. The number of amidine groups is 1. The molecule has 1 aliphatic heterocycles. The molecule has 1 aromatic carbocycles. The van der Waals surface area contributed by atoms with Crippen LogP contribution in [0.5, 0.6) is 0 Å². The number of ether oxygens (including phenoxy) is 1. The van der Waals surface area contributed by atoms with Crippen molar-refractivity contribution in [2.45, 2.75) is 24.5 Å². The van der Waals surface area contributed by atoms with Crippen molar-refractivity contribution in [3.05, 3.63) is 63.7 Å². The van der Waals surface area contributed by atoms with E-state index >= 15 is 0 Å². The maximum absolute atomic E-state index is 14.6. The van der Waals surface area contributed by atoms with E-state index in [1.165, 1.54) is 30.5 Å². The summed E-state index contributed by atoms with van der Waals surface area (Å²) < 4.78 is 34.1. The number of hydrogen-bond acceptors (Lipinski definition) is 6. The third kappa shape index (κ3) is 3.32. The number of alkyl halides is 1. The van der Waals surface area contributed by atoms with Gasteiger partial charge < -0.3 is 10.5 Å². The minimum atomic E-state index is -1.46. The molecular formula is C20H15ClF2N4O2. The number of halogens is 3. The third-order valence-corrected chi connectivity index (χ3v) is 5.52. The van der Waals surface area contributed by atoms with Crippen molar-refractivity contribution < 1.29 is 18.3 Å². The minimum Gasteiger partial charge on any atom is -0.462 e. The number of rotatable bonds is 5. The van der Waals surface area contributed by atoms with Crippen molar-refractivity contribution in [3.63, 3.8) is 0 Å². The van der Waals surface area contributed by atoms with E-state index in [1.807, 2.05) is 6.07 Å². The number of Topliss-reactive ketones (excluding diaryl/α,β-unsaturated/α-hetero) is 1. The van der Waals surface area contributed by atoms with Crippen LogP contribution in [0.4, 0.5) is 8.78 Å². The lowest BCUT2D eigenvalue weighted by atomic mass is 9.84. The van der Waals surface area contributed by atoms with Gasteiger partial charge in [-0.05, 0) is 30.2 Å². The van der Waals surface area contributed by atoms with Gasteiger partial charge in [-0.1, -0.05) is 17.7 Å². The zero-order valence-electron chi connectivity index (χ0n) is 15.0. The van der Waals surface area contributed by atoms with E-state index in [9.17, 15) is 13.6 Å². The summed E-state index contributed by atoms with van der Waals surface area (Å²) in [7, 11) is 0. The Morgan fingerprint density at radius 1 is 1.45 bits per heavy atom. The summed E-state index contributed by atoms with van der Waals surface area (Å²) in [6.07, 6.45) is 1.37. The Labute approximate surface area is 170 Å². The number of nitrogens with two attached hydrogens (primary N) is 1.